The van der Waals surface area contributed by atoms with Crippen LogP contribution in [0.15, 0.2) is 18.2 Å². The summed E-state index contributed by atoms with van der Waals surface area (Å²) in [5, 5.41) is 12.8. The first kappa shape index (κ1) is 16.2. The fourth-order valence-electron chi connectivity index (χ4n) is 2.77. The molecule has 2 N–H and O–H groups in total. The lowest BCUT2D eigenvalue weighted by Gasteiger charge is -2.43. The fourth-order valence-corrected chi connectivity index (χ4v) is 2.77. The van der Waals surface area contributed by atoms with E-state index in [4.69, 9.17) is 0 Å². The van der Waals surface area contributed by atoms with E-state index in [1.807, 2.05) is 0 Å². The zero-order valence-electron chi connectivity index (χ0n) is 13.2. The summed E-state index contributed by atoms with van der Waals surface area (Å²) < 4.78 is 13.2. The molecule has 0 radical (unpaired) electrons. The van der Waals surface area contributed by atoms with Gasteiger partial charge in [0.2, 0.25) is 0 Å². The monoisotopic (exact) mass is 295 g/mol. The minimum atomic E-state index is -0.398. The van der Waals surface area contributed by atoms with Gasteiger partial charge >= 0.3 is 0 Å². The Morgan fingerprint density at radius 2 is 1.86 bits per heavy atom. The molecule has 0 bridgehead atoms. The lowest BCUT2D eigenvalue weighted by molar-refractivity contribution is 0.0618. The standard InChI is InChI=1S/C16H26FN3O/c1-16(2,20-6-4-19(3)5-7-20)12-18-11-13-8-14(17)10-15(21)9-13/h8-10,18,21H,4-7,11-12H2,1-3H3. The topological polar surface area (TPSA) is 38.7 Å². The highest BCUT2D eigenvalue weighted by Gasteiger charge is 2.28. The summed E-state index contributed by atoms with van der Waals surface area (Å²) in [6, 6.07) is 4.17. The van der Waals surface area contributed by atoms with Crippen LogP contribution in [0.4, 0.5) is 4.39 Å². The molecule has 1 fully saturated rings. The van der Waals surface area contributed by atoms with E-state index in [1.165, 1.54) is 6.07 Å². The Kier molecular flexibility index (Phi) is 5.19. The average molecular weight is 295 g/mol. The molecule has 0 aromatic heterocycles. The maximum atomic E-state index is 13.2. The molecular formula is C16H26FN3O. The van der Waals surface area contributed by atoms with Crippen LogP contribution in [-0.2, 0) is 6.54 Å². The van der Waals surface area contributed by atoms with Crippen molar-refractivity contribution in [1.29, 1.82) is 0 Å². The lowest BCUT2D eigenvalue weighted by Crippen LogP contribution is -2.57. The number of halogens is 1. The van der Waals surface area contributed by atoms with Crippen molar-refractivity contribution in [2.24, 2.45) is 0 Å². The molecule has 0 saturated carbocycles. The molecule has 1 saturated heterocycles. The van der Waals surface area contributed by atoms with Crippen LogP contribution in [0.3, 0.4) is 0 Å². The highest BCUT2D eigenvalue weighted by atomic mass is 19.1. The van der Waals surface area contributed by atoms with Crippen LogP contribution in [0.2, 0.25) is 0 Å². The fraction of sp³-hybridized carbons (Fsp3) is 0.625. The summed E-state index contributed by atoms with van der Waals surface area (Å²) in [5.41, 5.74) is 0.832. The van der Waals surface area contributed by atoms with Crippen LogP contribution in [0, 0.1) is 5.82 Å². The van der Waals surface area contributed by atoms with Gasteiger partial charge in [0.1, 0.15) is 11.6 Å². The van der Waals surface area contributed by atoms with E-state index >= 15 is 0 Å². The molecule has 118 valence electrons. The molecule has 0 atom stereocenters. The maximum absolute atomic E-state index is 13.2. The number of phenolic OH excluding ortho intramolecular Hbond substituents is 1. The third-order valence-corrected chi connectivity index (χ3v) is 4.19. The molecule has 1 heterocycles. The van der Waals surface area contributed by atoms with Crippen molar-refractivity contribution in [3.8, 4) is 5.75 Å². The number of nitrogens with one attached hydrogen (secondary N) is 1. The molecule has 1 aliphatic heterocycles. The first-order valence-electron chi connectivity index (χ1n) is 7.49. The van der Waals surface area contributed by atoms with Crippen LogP contribution >= 0.6 is 0 Å². The first-order chi connectivity index (χ1) is 9.87. The van der Waals surface area contributed by atoms with E-state index < -0.39 is 5.82 Å². The van der Waals surface area contributed by atoms with Gasteiger partial charge < -0.3 is 15.3 Å². The van der Waals surface area contributed by atoms with E-state index in [0.717, 1.165) is 44.4 Å². The molecule has 2 rings (SSSR count). The van der Waals surface area contributed by atoms with Crippen LogP contribution < -0.4 is 5.32 Å². The van der Waals surface area contributed by atoms with Gasteiger partial charge in [0.05, 0.1) is 0 Å². The predicted molar refractivity (Wildman–Crippen MR) is 82.9 cm³/mol. The molecule has 4 nitrogen and oxygen atoms in total. The van der Waals surface area contributed by atoms with Gasteiger partial charge in [-0.15, -0.1) is 0 Å². The SMILES string of the molecule is CN1CCN(C(C)(C)CNCc2cc(O)cc(F)c2)CC1. The lowest BCUT2D eigenvalue weighted by atomic mass is 10.0. The molecule has 21 heavy (non-hydrogen) atoms. The van der Waals surface area contributed by atoms with Gasteiger partial charge in [0, 0.05) is 50.9 Å². The van der Waals surface area contributed by atoms with E-state index in [0.29, 0.717) is 6.54 Å². The number of hydrogen-bond donors (Lipinski definition) is 2. The van der Waals surface area contributed by atoms with Gasteiger partial charge in [-0.2, -0.15) is 0 Å². The smallest absolute Gasteiger partial charge is 0.127 e. The second-order valence-corrected chi connectivity index (χ2v) is 6.52. The number of likely N-dealkylation sites (N-methyl/N-ethyl adjacent to an activating group) is 1. The second-order valence-electron chi connectivity index (χ2n) is 6.52. The number of benzene rings is 1. The van der Waals surface area contributed by atoms with Crippen molar-refractivity contribution < 1.29 is 9.50 Å². The molecule has 1 aromatic rings. The van der Waals surface area contributed by atoms with Crippen LogP contribution in [0.25, 0.3) is 0 Å². The number of rotatable bonds is 5. The molecule has 1 aromatic carbocycles. The van der Waals surface area contributed by atoms with Gasteiger partial charge in [0.25, 0.3) is 0 Å². The number of hydrogen-bond acceptors (Lipinski definition) is 4. The highest BCUT2D eigenvalue weighted by molar-refractivity contribution is 5.28. The van der Waals surface area contributed by atoms with Crippen molar-refractivity contribution in [2.75, 3.05) is 39.8 Å². The average Bonchev–Trinajstić information content (AvgIpc) is 2.37. The molecule has 0 spiro atoms. The van der Waals surface area contributed by atoms with E-state index in [1.54, 1.807) is 6.07 Å². The van der Waals surface area contributed by atoms with Crippen molar-refractivity contribution >= 4 is 0 Å². The summed E-state index contributed by atoms with van der Waals surface area (Å²) in [6.45, 7) is 10.2. The van der Waals surface area contributed by atoms with Crippen LogP contribution in [-0.4, -0.2) is 60.2 Å². The minimum Gasteiger partial charge on any atom is -0.508 e. The Hall–Kier alpha value is -1.17. The Morgan fingerprint density at radius 1 is 1.19 bits per heavy atom. The molecule has 0 unspecified atom stereocenters. The third-order valence-electron chi connectivity index (χ3n) is 4.19. The molecule has 5 heteroatoms. The molecule has 0 aliphatic carbocycles. The van der Waals surface area contributed by atoms with Gasteiger partial charge in [-0.25, -0.2) is 4.39 Å². The minimum absolute atomic E-state index is 0.0230. The van der Waals surface area contributed by atoms with Gasteiger partial charge in [-0.05, 0) is 38.6 Å². The maximum Gasteiger partial charge on any atom is 0.127 e. The first-order valence-corrected chi connectivity index (χ1v) is 7.49. The number of aromatic hydroxyl groups is 1. The summed E-state index contributed by atoms with van der Waals surface area (Å²) in [6.07, 6.45) is 0. The van der Waals surface area contributed by atoms with Crippen LogP contribution in [0.5, 0.6) is 5.75 Å². The molecule has 1 aliphatic rings. The van der Waals surface area contributed by atoms with Gasteiger partial charge in [0.15, 0.2) is 0 Å². The Morgan fingerprint density at radius 3 is 2.48 bits per heavy atom. The Balaban J connectivity index is 1.84. The zero-order valence-corrected chi connectivity index (χ0v) is 13.2. The van der Waals surface area contributed by atoms with Crippen LogP contribution in [0.1, 0.15) is 19.4 Å². The van der Waals surface area contributed by atoms with E-state index in [9.17, 15) is 9.50 Å². The van der Waals surface area contributed by atoms with E-state index in [-0.39, 0.29) is 11.3 Å². The Labute approximate surface area is 126 Å². The molecular weight excluding hydrogens is 269 g/mol. The summed E-state index contributed by atoms with van der Waals surface area (Å²) in [5.74, 6) is -0.421. The normalized spacial score (nSPS) is 18.1. The largest absolute Gasteiger partial charge is 0.508 e. The zero-order chi connectivity index (χ0) is 15.5. The summed E-state index contributed by atoms with van der Waals surface area (Å²) >= 11 is 0. The van der Waals surface area contributed by atoms with Gasteiger partial charge in [-0.3, -0.25) is 4.90 Å². The molecule has 0 amide bonds. The third kappa shape index (κ3) is 4.66. The Bertz CT molecular complexity index is 450. The summed E-state index contributed by atoms with van der Waals surface area (Å²) in [7, 11) is 2.15. The number of piperazine rings is 1. The van der Waals surface area contributed by atoms with Crippen molar-refractivity contribution in [3.63, 3.8) is 0 Å². The highest BCUT2D eigenvalue weighted by Crippen LogP contribution is 2.17. The van der Waals surface area contributed by atoms with Gasteiger partial charge in [-0.1, -0.05) is 0 Å². The van der Waals surface area contributed by atoms with Crippen molar-refractivity contribution in [3.05, 3.63) is 29.6 Å². The quantitative estimate of drug-likeness (QED) is 0.866. The number of nitrogens with zero attached hydrogens (tertiary/aromatic N) is 2. The van der Waals surface area contributed by atoms with E-state index in [2.05, 4.69) is 36.0 Å². The van der Waals surface area contributed by atoms with Crippen molar-refractivity contribution in [2.45, 2.75) is 25.9 Å². The summed E-state index contributed by atoms with van der Waals surface area (Å²) in [4.78, 5) is 4.83. The predicted octanol–water partition coefficient (Wildman–Crippen LogP) is 1.65. The van der Waals surface area contributed by atoms with Crippen molar-refractivity contribution in [1.82, 2.24) is 15.1 Å². The number of phenols is 1. The second kappa shape index (κ2) is 6.73.